The summed E-state index contributed by atoms with van der Waals surface area (Å²) in [5, 5.41) is 0. The molecule has 0 aliphatic carbocycles. The number of nitrogens with zero attached hydrogens (tertiary/aromatic N) is 2. The fourth-order valence-corrected chi connectivity index (χ4v) is 4.46. The van der Waals surface area contributed by atoms with Gasteiger partial charge in [-0.1, -0.05) is 64.7 Å². The Labute approximate surface area is 260 Å². The van der Waals surface area contributed by atoms with Gasteiger partial charge in [0.1, 0.15) is 18.1 Å². The molecule has 3 aromatic rings. The minimum atomic E-state index is -0.679. The molecule has 9 heteroatoms. The summed E-state index contributed by atoms with van der Waals surface area (Å²) in [6.45, 7) is 4.45. The summed E-state index contributed by atoms with van der Waals surface area (Å²) in [4.78, 5) is 44.8. The number of carbonyl (C=O) groups is 3. The highest BCUT2D eigenvalue weighted by atomic mass is 16.5. The Morgan fingerprint density at radius 1 is 0.727 bits per heavy atom. The predicted octanol–water partition coefficient (Wildman–Crippen LogP) is 7.63. The second-order valence-corrected chi connectivity index (χ2v) is 10.8. The lowest BCUT2D eigenvalue weighted by Gasteiger charge is -2.10. The quantitative estimate of drug-likeness (QED) is 0.0774. The summed E-state index contributed by atoms with van der Waals surface area (Å²) >= 11 is 0. The van der Waals surface area contributed by atoms with Gasteiger partial charge in [-0.3, -0.25) is 9.78 Å². The van der Waals surface area contributed by atoms with Crippen molar-refractivity contribution in [3.05, 3.63) is 72.2 Å². The van der Waals surface area contributed by atoms with Crippen molar-refractivity contribution in [1.29, 1.82) is 0 Å². The molecule has 0 fully saturated rings. The van der Waals surface area contributed by atoms with Gasteiger partial charge >= 0.3 is 17.9 Å². The Bertz CT molecular complexity index is 1290. The lowest BCUT2D eigenvalue weighted by Crippen LogP contribution is -2.20. The minimum absolute atomic E-state index is 0.0467. The average Bonchev–Trinajstić information content (AvgIpc) is 3.06. The van der Waals surface area contributed by atoms with E-state index in [-0.39, 0.29) is 23.6 Å². The number of esters is 3. The molecule has 0 aliphatic rings. The van der Waals surface area contributed by atoms with E-state index in [1.54, 1.807) is 6.92 Å². The van der Waals surface area contributed by atoms with Crippen LogP contribution in [0.1, 0.15) is 98.9 Å². The smallest absolute Gasteiger partial charge is 0.363 e. The van der Waals surface area contributed by atoms with Crippen molar-refractivity contribution in [1.82, 2.24) is 9.97 Å². The maximum absolute atomic E-state index is 12.6. The lowest BCUT2D eigenvalue weighted by molar-refractivity contribution is -0.146. The van der Waals surface area contributed by atoms with E-state index in [2.05, 4.69) is 21.6 Å². The first kappa shape index (κ1) is 34.2. The highest BCUT2D eigenvalue weighted by Gasteiger charge is 2.17. The molecule has 0 spiro atoms. The van der Waals surface area contributed by atoms with Gasteiger partial charge in [0.2, 0.25) is 0 Å². The molecule has 9 nitrogen and oxygen atoms in total. The molecule has 236 valence electrons. The maximum Gasteiger partial charge on any atom is 0.363 e. The highest BCUT2D eigenvalue weighted by molar-refractivity contribution is 5.91. The molecule has 3 rings (SSSR count). The van der Waals surface area contributed by atoms with Crippen LogP contribution in [-0.2, 0) is 14.3 Å². The molecule has 0 saturated heterocycles. The van der Waals surface area contributed by atoms with Crippen molar-refractivity contribution in [2.75, 3.05) is 20.3 Å². The molecule has 0 aliphatic heterocycles. The molecule has 1 heterocycles. The molecule has 1 aromatic heterocycles. The number of rotatable bonds is 19. The van der Waals surface area contributed by atoms with Crippen LogP contribution in [0.5, 0.6) is 11.5 Å². The summed E-state index contributed by atoms with van der Waals surface area (Å²) in [6, 6.07) is 13.5. The Morgan fingerprint density at radius 2 is 1.34 bits per heavy atom. The number of aromatic nitrogens is 2. The molecular weight excluding hydrogens is 560 g/mol. The molecular formula is C35H44N2O7. The number of ether oxygens (including phenoxy) is 4. The van der Waals surface area contributed by atoms with Crippen LogP contribution < -0.4 is 9.47 Å². The number of unbranched alkanes of at least 4 members (excludes halogenated alkanes) is 9. The SMILES string of the molecule is CCCCCCCCCCCCOc1ccc(-c2cnc(C(=O)Oc3ccc(C(=O)OCC(C)C(=O)OC)cc3)cn2)cc1. The van der Waals surface area contributed by atoms with Gasteiger partial charge in [0.25, 0.3) is 0 Å². The van der Waals surface area contributed by atoms with E-state index in [4.69, 9.17) is 14.2 Å². The summed E-state index contributed by atoms with van der Waals surface area (Å²) < 4.78 is 21.0. The monoisotopic (exact) mass is 604 g/mol. The highest BCUT2D eigenvalue weighted by Crippen LogP contribution is 2.21. The summed E-state index contributed by atoms with van der Waals surface area (Å²) in [5.74, 6) is -1.28. The van der Waals surface area contributed by atoms with E-state index in [1.165, 1.54) is 102 Å². The van der Waals surface area contributed by atoms with Crippen LogP contribution in [0, 0.1) is 5.92 Å². The van der Waals surface area contributed by atoms with Gasteiger partial charge in [0.05, 0.1) is 43.3 Å². The summed E-state index contributed by atoms with van der Waals surface area (Å²) in [7, 11) is 1.27. The van der Waals surface area contributed by atoms with E-state index in [9.17, 15) is 14.4 Å². The Hall–Kier alpha value is -4.27. The topological polar surface area (TPSA) is 114 Å². The molecule has 0 saturated carbocycles. The molecule has 1 atom stereocenters. The zero-order valence-electron chi connectivity index (χ0n) is 26.1. The van der Waals surface area contributed by atoms with E-state index < -0.39 is 23.8 Å². The van der Waals surface area contributed by atoms with Gasteiger partial charge in [0.15, 0.2) is 5.69 Å². The number of hydrogen-bond donors (Lipinski definition) is 0. The van der Waals surface area contributed by atoms with Crippen LogP contribution >= 0.6 is 0 Å². The van der Waals surface area contributed by atoms with Crippen molar-refractivity contribution in [2.45, 2.75) is 78.1 Å². The third kappa shape index (κ3) is 11.8. The minimum Gasteiger partial charge on any atom is -0.494 e. The van der Waals surface area contributed by atoms with Crippen molar-refractivity contribution in [2.24, 2.45) is 5.92 Å². The van der Waals surface area contributed by atoms with Gasteiger partial charge < -0.3 is 18.9 Å². The van der Waals surface area contributed by atoms with E-state index in [0.29, 0.717) is 12.3 Å². The van der Waals surface area contributed by atoms with Crippen LogP contribution in [0.2, 0.25) is 0 Å². The van der Waals surface area contributed by atoms with Gasteiger partial charge in [-0.05, 0) is 61.9 Å². The zero-order valence-corrected chi connectivity index (χ0v) is 26.1. The van der Waals surface area contributed by atoms with Crippen molar-refractivity contribution < 1.29 is 33.3 Å². The number of carbonyl (C=O) groups excluding carboxylic acids is 3. The van der Waals surface area contributed by atoms with Crippen LogP contribution in [0.15, 0.2) is 60.9 Å². The summed E-state index contributed by atoms with van der Waals surface area (Å²) in [5.41, 5.74) is 1.77. The maximum atomic E-state index is 12.6. The third-order valence-electron chi connectivity index (χ3n) is 7.15. The van der Waals surface area contributed by atoms with Crippen LogP contribution in [0.4, 0.5) is 0 Å². The third-order valence-corrected chi connectivity index (χ3v) is 7.15. The first-order valence-electron chi connectivity index (χ1n) is 15.5. The van der Waals surface area contributed by atoms with Crippen molar-refractivity contribution >= 4 is 17.9 Å². The fraction of sp³-hybridized carbons (Fsp3) is 0.457. The molecule has 1 unspecified atom stereocenters. The molecule has 0 radical (unpaired) electrons. The predicted molar refractivity (Wildman–Crippen MR) is 168 cm³/mol. The second-order valence-electron chi connectivity index (χ2n) is 10.8. The van der Waals surface area contributed by atoms with Crippen molar-refractivity contribution in [3.8, 4) is 22.8 Å². The van der Waals surface area contributed by atoms with Crippen molar-refractivity contribution in [3.63, 3.8) is 0 Å². The molecule has 0 N–H and O–H groups in total. The second kappa shape index (κ2) is 19.1. The van der Waals surface area contributed by atoms with Crippen LogP contribution in [0.3, 0.4) is 0 Å². The van der Waals surface area contributed by atoms with Crippen LogP contribution in [-0.4, -0.2) is 48.2 Å². The standard InChI is InChI=1S/C35H44N2O7/c1-4-5-6-7-8-9-10-11-12-13-22-42-29-18-14-27(15-19-29)31-23-37-32(24-36-31)35(40)44-30-20-16-28(17-21-30)34(39)43-25-26(2)33(38)41-3/h14-21,23-24,26H,4-13,22,25H2,1-3H3. The largest absolute Gasteiger partial charge is 0.494 e. The normalized spacial score (nSPS) is 11.4. The molecule has 2 aromatic carbocycles. The first-order valence-corrected chi connectivity index (χ1v) is 15.5. The Morgan fingerprint density at radius 3 is 1.93 bits per heavy atom. The zero-order chi connectivity index (χ0) is 31.6. The number of methoxy groups -OCH3 is 1. The molecule has 0 amide bonds. The molecule has 44 heavy (non-hydrogen) atoms. The lowest BCUT2D eigenvalue weighted by atomic mass is 10.1. The van der Waals surface area contributed by atoms with Crippen LogP contribution in [0.25, 0.3) is 11.3 Å². The van der Waals surface area contributed by atoms with Gasteiger partial charge in [-0.25, -0.2) is 14.6 Å². The molecule has 0 bridgehead atoms. The number of hydrogen-bond acceptors (Lipinski definition) is 9. The summed E-state index contributed by atoms with van der Waals surface area (Å²) in [6.07, 6.45) is 15.8. The fourth-order valence-electron chi connectivity index (χ4n) is 4.46. The first-order chi connectivity index (χ1) is 21.4. The van der Waals surface area contributed by atoms with E-state index >= 15 is 0 Å². The van der Waals surface area contributed by atoms with E-state index in [0.717, 1.165) is 17.7 Å². The average molecular weight is 605 g/mol. The van der Waals surface area contributed by atoms with Gasteiger partial charge in [-0.2, -0.15) is 0 Å². The number of benzene rings is 2. The van der Waals surface area contributed by atoms with E-state index in [1.807, 2.05) is 24.3 Å². The Balaban J connectivity index is 1.38. The Kier molecular flexibility index (Phi) is 14.9. The van der Waals surface area contributed by atoms with Gasteiger partial charge in [-0.15, -0.1) is 0 Å². The van der Waals surface area contributed by atoms with Gasteiger partial charge in [0, 0.05) is 5.56 Å².